The Balaban J connectivity index is 1.76. The molecule has 1 aliphatic heterocycles. The van der Waals surface area contributed by atoms with Crippen molar-refractivity contribution in [2.45, 2.75) is 29.7 Å². The van der Waals surface area contributed by atoms with Crippen LogP contribution in [0.5, 0.6) is 0 Å². The van der Waals surface area contributed by atoms with E-state index in [1.165, 1.54) is 5.56 Å². The number of aryl methyl sites for hydroxylation is 1. The van der Waals surface area contributed by atoms with Gasteiger partial charge in [-0.2, -0.15) is 0 Å². The second-order valence-electron chi connectivity index (χ2n) is 6.80. The van der Waals surface area contributed by atoms with E-state index in [2.05, 4.69) is 24.0 Å². The standard InChI is InChI=1S/C22H20ClNOS/c1-16-8-14-20(15-9-16)26(25)22(2)21(17-10-12-18(23)13-11-17)24(22)19-6-4-3-5-7-19/h3-15,21H,1-2H3/t21-,22-,24?,26?/m1/s1. The van der Waals surface area contributed by atoms with Crippen LogP contribution in [0.2, 0.25) is 5.02 Å². The average Bonchev–Trinajstić information content (AvgIpc) is 3.30. The van der Waals surface area contributed by atoms with Gasteiger partial charge in [0.1, 0.15) is 4.87 Å². The summed E-state index contributed by atoms with van der Waals surface area (Å²) in [4.78, 5) is 2.60. The monoisotopic (exact) mass is 381 g/mol. The van der Waals surface area contributed by atoms with Gasteiger partial charge in [0.05, 0.1) is 16.8 Å². The molecule has 4 rings (SSSR count). The fraction of sp³-hybridized carbons (Fsp3) is 0.182. The quantitative estimate of drug-likeness (QED) is 0.537. The first-order chi connectivity index (χ1) is 12.5. The first-order valence-electron chi connectivity index (χ1n) is 8.60. The van der Waals surface area contributed by atoms with Crippen LogP contribution in [-0.2, 0) is 10.8 Å². The molecule has 2 nitrogen and oxygen atoms in total. The van der Waals surface area contributed by atoms with Crippen molar-refractivity contribution < 1.29 is 4.21 Å². The number of rotatable bonds is 4. The summed E-state index contributed by atoms with van der Waals surface area (Å²) in [5, 5.41) is 0.710. The van der Waals surface area contributed by atoms with E-state index in [-0.39, 0.29) is 6.04 Å². The van der Waals surface area contributed by atoms with Gasteiger partial charge in [0, 0.05) is 15.6 Å². The zero-order valence-electron chi connectivity index (χ0n) is 14.7. The minimum atomic E-state index is -1.17. The molecule has 1 aliphatic rings. The summed E-state index contributed by atoms with van der Waals surface area (Å²) in [5.74, 6) is 0. The van der Waals surface area contributed by atoms with Crippen molar-refractivity contribution in [1.82, 2.24) is 0 Å². The summed E-state index contributed by atoms with van der Waals surface area (Å²) >= 11 is 6.06. The molecular formula is C22H20ClNOS. The summed E-state index contributed by atoms with van der Waals surface area (Å²) in [7, 11) is -1.17. The topological polar surface area (TPSA) is 20.1 Å². The Morgan fingerprint density at radius 2 is 1.54 bits per heavy atom. The molecule has 3 atom stereocenters. The summed E-state index contributed by atoms with van der Waals surface area (Å²) < 4.78 is 13.5. The van der Waals surface area contributed by atoms with Gasteiger partial charge in [-0.15, -0.1) is 0 Å². The Labute approximate surface area is 161 Å². The highest BCUT2D eigenvalue weighted by Gasteiger charge is 2.64. The van der Waals surface area contributed by atoms with Crippen LogP contribution in [0.1, 0.15) is 24.1 Å². The van der Waals surface area contributed by atoms with E-state index in [1.807, 2.05) is 73.7 Å². The van der Waals surface area contributed by atoms with Gasteiger partial charge >= 0.3 is 0 Å². The third-order valence-electron chi connectivity index (χ3n) is 5.01. The number of benzene rings is 3. The third kappa shape index (κ3) is 2.85. The summed E-state index contributed by atoms with van der Waals surface area (Å²) in [5.41, 5.74) is 3.37. The zero-order chi connectivity index (χ0) is 18.3. The predicted molar refractivity (Wildman–Crippen MR) is 109 cm³/mol. The van der Waals surface area contributed by atoms with Crippen molar-refractivity contribution in [2.75, 3.05) is 4.90 Å². The lowest BCUT2D eigenvalue weighted by atomic mass is 10.1. The minimum Gasteiger partial charge on any atom is -0.342 e. The maximum absolute atomic E-state index is 13.5. The Kier molecular flexibility index (Phi) is 4.37. The third-order valence-corrected chi connectivity index (χ3v) is 7.13. The van der Waals surface area contributed by atoms with E-state index in [4.69, 9.17) is 11.6 Å². The average molecular weight is 382 g/mol. The van der Waals surface area contributed by atoms with Crippen LogP contribution in [-0.4, -0.2) is 9.08 Å². The fourth-order valence-corrected chi connectivity index (χ4v) is 5.33. The van der Waals surface area contributed by atoms with Gasteiger partial charge in [-0.3, -0.25) is 4.21 Å². The maximum atomic E-state index is 13.5. The molecule has 3 aromatic rings. The van der Waals surface area contributed by atoms with E-state index in [1.54, 1.807) is 0 Å². The van der Waals surface area contributed by atoms with Crippen LogP contribution in [0.3, 0.4) is 0 Å². The molecular weight excluding hydrogens is 362 g/mol. The summed E-state index contributed by atoms with van der Waals surface area (Å²) in [6, 6.07) is 26.0. The zero-order valence-corrected chi connectivity index (χ0v) is 16.3. The second kappa shape index (κ2) is 6.57. The number of para-hydroxylation sites is 1. The molecule has 0 amide bonds. The SMILES string of the molecule is Cc1ccc(S(=O)[C@]2(C)[C@@H](c3ccc(Cl)cc3)N2c2ccccc2)cc1. The Morgan fingerprint density at radius 1 is 0.923 bits per heavy atom. The van der Waals surface area contributed by atoms with E-state index < -0.39 is 15.7 Å². The molecule has 3 aromatic carbocycles. The molecule has 132 valence electrons. The van der Waals surface area contributed by atoms with Crippen molar-refractivity contribution in [2.24, 2.45) is 0 Å². The van der Waals surface area contributed by atoms with Gasteiger partial charge < -0.3 is 4.90 Å². The molecule has 26 heavy (non-hydrogen) atoms. The van der Waals surface area contributed by atoms with Crippen molar-refractivity contribution in [3.63, 3.8) is 0 Å². The fourth-order valence-electron chi connectivity index (χ4n) is 3.56. The van der Waals surface area contributed by atoms with Crippen LogP contribution in [0.25, 0.3) is 0 Å². The lowest BCUT2D eigenvalue weighted by Crippen LogP contribution is -2.21. The highest BCUT2D eigenvalue weighted by molar-refractivity contribution is 7.87. The smallest absolute Gasteiger partial charge is 0.143 e. The van der Waals surface area contributed by atoms with E-state index >= 15 is 0 Å². The van der Waals surface area contributed by atoms with Crippen molar-refractivity contribution >= 4 is 28.1 Å². The van der Waals surface area contributed by atoms with Crippen LogP contribution >= 0.6 is 11.6 Å². The first kappa shape index (κ1) is 17.3. The number of halogens is 1. The molecule has 1 saturated heterocycles. The summed E-state index contributed by atoms with van der Waals surface area (Å²) in [6.07, 6.45) is 0. The van der Waals surface area contributed by atoms with Gasteiger partial charge in [0.2, 0.25) is 0 Å². The number of nitrogens with zero attached hydrogens (tertiary/aromatic N) is 1. The van der Waals surface area contributed by atoms with Gasteiger partial charge in [0.25, 0.3) is 0 Å². The predicted octanol–water partition coefficient (Wildman–Crippen LogP) is 5.73. The molecule has 0 saturated carbocycles. The highest BCUT2D eigenvalue weighted by atomic mass is 35.5. The van der Waals surface area contributed by atoms with Crippen molar-refractivity contribution in [1.29, 1.82) is 0 Å². The molecule has 0 aromatic heterocycles. The first-order valence-corrected chi connectivity index (χ1v) is 10.1. The lowest BCUT2D eigenvalue weighted by Gasteiger charge is -2.13. The lowest BCUT2D eigenvalue weighted by molar-refractivity contribution is 0.670. The van der Waals surface area contributed by atoms with Crippen molar-refractivity contribution in [3.8, 4) is 0 Å². The Morgan fingerprint density at radius 3 is 2.15 bits per heavy atom. The Bertz CT molecular complexity index is 940. The number of hydrogen-bond acceptors (Lipinski definition) is 2. The van der Waals surface area contributed by atoms with Crippen LogP contribution in [0, 0.1) is 6.92 Å². The molecule has 1 heterocycles. The highest BCUT2D eigenvalue weighted by Crippen LogP contribution is 2.58. The van der Waals surface area contributed by atoms with Gasteiger partial charge in [-0.25, -0.2) is 0 Å². The molecule has 1 unspecified atom stereocenters. The maximum Gasteiger partial charge on any atom is 0.143 e. The van der Waals surface area contributed by atoms with Crippen LogP contribution in [0.15, 0.2) is 83.8 Å². The Hall–Kier alpha value is -2.10. The molecule has 4 heteroatoms. The molecule has 0 radical (unpaired) electrons. The largest absolute Gasteiger partial charge is 0.342 e. The number of hydrogen-bond donors (Lipinski definition) is 0. The van der Waals surface area contributed by atoms with E-state index in [0.29, 0.717) is 5.02 Å². The van der Waals surface area contributed by atoms with Gasteiger partial charge in [-0.05, 0) is 55.8 Å². The molecule has 0 spiro atoms. The van der Waals surface area contributed by atoms with Gasteiger partial charge in [0.15, 0.2) is 0 Å². The van der Waals surface area contributed by atoms with Crippen molar-refractivity contribution in [3.05, 3.63) is 95.0 Å². The molecule has 0 bridgehead atoms. The van der Waals surface area contributed by atoms with Crippen LogP contribution < -0.4 is 4.90 Å². The van der Waals surface area contributed by atoms with Gasteiger partial charge in [-0.1, -0.05) is 59.6 Å². The van der Waals surface area contributed by atoms with E-state index in [9.17, 15) is 4.21 Å². The minimum absolute atomic E-state index is 0.0457. The normalized spacial score (nSPS) is 22.9. The van der Waals surface area contributed by atoms with Crippen LogP contribution in [0.4, 0.5) is 5.69 Å². The molecule has 0 aliphatic carbocycles. The molecule has 1 fully saturated rings. The summed E-state index contributed by atoms with van der Waals surface area (Å²) in [6.45, 7) is 4.12. The molecule has 0 N–H and O–H groups in total. The second-order valence-corrected chi connectivity index (χ2v) is 9.07. The van der Waals surface area contributed by atoms with E-state index in [0.717, 1.165) is 16.1 Å². The number of anilines is 1.